The van der Waals surface area contributed by atoms with E-state index in [2.05, 4.69) is 9.97 Å². The number of carbonyl (C=O) groups excluding carboxylic acids is 1. The van der Waals surface area contributed by atoms with E-state index in [4.69, 9.17) is 10.5 Å². The summed E-state index contributed by atoms with van der Waals surface area (Å²) in [5.41, 5.74) is 4.50. The highest BCUT2D eigenvalue weighted by atomic mass is 32.2. The Labute approximate surface area is 228 Å². The van der Waals surface area contributed by atoms with Gasteiger partial charge in [-0.2, -0.15) is 13.2 Å². The molecular weight excluding hydrogens is 553 g/mol. The Morgan fingerprint density at radius 3 is 2.20 bits per heavy atom. The van der Waals surface area contributed by atoms with Crippen molar-refractivity contribution in [1.29, 1.82) is 0 Å². The van der Waals surface area contributed by atoms with E-state index in [9.17, 15) is 36.3 Å². The Hall–Kier alpha value is -4.04. The maximum absolute atomic E-state index is 13.9. The van der Waals surface area contributed by atoms with Gasteiger partial charge in [-0.05, 0) is 62.7 Å². The van der Waals surface area contributed by atoms with Crippen LogP contribution in [0.4, 0.5) is 23.8 Å². The van der Waals surface area contributed by atoms with Crippen molar-refractivity contribution in [3.05, 3.63) is 83.8 Å². The van der Waals surface area contributed by atoms with E-state index >= 15 is 0 Å². The summed E-state index contributed by atoms with van der Waals surface area (Å²) in [7, 11) is -4.53. The van der Waals surface area contributed by atoms with E-state index < -0.39 is 57.1 Å². The van der Waals surface area contributed by atoms with Crippen molar-refractivity contribution in [2.24, 2.45) is 5.73 Å². The molecule has 3 aromatic rings. The molecule has 1 aromatic carbocycles. The van der Waals surface area contributed by atoms with Crippen molar-refractivity contribution in [2.45, 2.75) is 48.7 Å². The number of halogens is 3. The first kappa shape index (κ1) is 30.5. The Kier molecular flexibility index (Phi) is 8.55. The number of nitrogens with two attached hydrogens (primary N) is 1. The minimum Gasteiger partial charge on any atom is -0.480 e. The molecule has 40 heavy (non-hydrogen) atoms. The number of alkyl halides is 3. The van der Waals surface area contributed by atoms with Crippen molar-refractivity contribution in [3.63, 3.8) is 0 Å². The summed E-state index contributed by atoms with van der Waals surface area (Å²) in [4.78, 5) is 30.5. The molecule has 2 aromatic heterocycles. The average molecular weight is 581 g/mol. The fourth-order valence-corrected chi connectivity index (χ4v) is 5.28. The summed E-state index contributed by atoms with van der Waals surface area (Å²) in [5, 5.41) is 9.39. The van der Waals surface area contributed by atoms with Gasteiger partial charge < -0.3 is 15.6 Å². The second-order valence-corrected chi connectivity index (χ2v) is 12.0. The minimum atomic E-state index is -4.61. The number of carboxylic acid groups (broad SMARTS) is 1. The number of benzene rings is 1. The molecule has 0 saturated heterocycles. The lowest BCUT2D eigenvalue weighted by Gasteiger charge is -2.30. The lowest BCUT2D eigenvalue weighted by molar-refractivity contribution is -0.137. The van der Waals surface area contributed by atoms with Crippen LogP contribution in [0.5, 0.6) is 0 Å². The number of carboxylic acids is 1. The number of ether oxygens (including phenoxy) is 1. The molecule has 214 valence electrons. The van der Waals surface area contributed by atoms with Gasteiger partial charge in [0.25, 0.3) is 0 Å². The third kappa shape index (κ3) is 6.93. The number of rotatable bonds is 8. The molecule has 0 fully saturated rings. The zero-order chi connectivity index (χ0) is 29.9. The van der Waals surface area contributed by atoms with Crippen LogP contribution in [0.15, 0.2) is 71.9 Å². The molecule has 1 unspecified atom stereocenters. The van der Waals surface area contributed by atoms with Gasteiger partial charge in [-0.15, -0.1) is 0 Å². The molecular formula is C26H27F3N4O6S. The Balaban J connectivity index is 2.17. The summed E-state index contributed by atoms with van der Waals surface area (Å²) < 4.78 is 72.3. The van der Waals surface area contributed by atoms with Crippen LogP contribution in [0.3, 0.4) is 0 Å². The highest BCUT2D eigenvalue weighted by Crippen LogP contribution is 2.35. The van der Waals surface area contributed by atoms with E-state index in [0.717, 1.165) is 30.5 Å². The van der Waals surface area contributed by atoms with E-state index in [1.54, 1.807) is 20.8 Å². The van der Waals surface area contributed by atoms with Crippen LogP contribution >= 0.6 is 0 Å². The van der Waals surface area contributed by atoms with E-state index in [0.29, 0.717) is 4.90 Å². The van der Waals surface area contributed by atoms with Gasteiger partial charge in [0.05, 0.1) is 16.2 Å². The standard InChI is InChI=1S/C26H27F3N4O6S/c1-24(2,3)39-23(36)33(16-22(34)35)21-8-4-7-20(32-21)25(30,40(37,38)19-6-5-13-31-15-19)14-17-9-11-18(12-10-17)26(27,28)29/h4-13,15H,14,16,30H2,1-3H3,(H,34,35). The highest BCUT2D eigenvalue weighted by molar-refractivity contribution is 7.92. The Bertz CT molecular complexity index is 1480. The van der Waals surface area contributed by atoms with E-state index in [-0.39, 0.29) is 22.0 Å². The first-order valence-electron chi connectivity index (χ1n) is 11.7. The summed E-state index contributed by atoms with van der Waals surface area (Å²) >= 11 is 0. The number of aliphatic carboxylic acids is 1. The summed E-state index contributed by atoms with van der Waals surface area (Å²) in [6.07, 6.45) is -3.78. The maximum Gasteiger partial charge on any atom is 0.416 e. The number of sulfone groups is 1. The van der Waals surface area contributed by atoms with Crippen LogP contribution in [-0.2, 0) is 36.8 Å². The topological polar surface area (TPSA) is 153 Å². The molecule has 10 nitrogen and oxygen atoms in total. The first-order chi connectivity index (χ1) is 18.4. The zero-order valence-electron chi connectivity index (χ0n) is 21.7. The van der Waals surface area contributed by atoms with Crippen molar-refractivity contribution in [1.82, 2.24) is 9.97 Å². The summed E-state index contributed by atoms with van der Waals surface area (Å²) in [5.74, 6) is -1.66. The van der Waals surface area contributed by atoms with Gasteiger partial charge in [-0.25, -0.2) is 18.2 Å². The van der Waals surface area contributed by atoms with E-state index in [1.807, 2.05) is 0 Å². The third-order valence-corrected chi connectivity index (χ3v) is 7.70. The smallest absolute Gasteiger partial charge is 0.416 e. The fourth-order valence-electron chi connectivity index (χ4n) is 3.66. The van der Waals surface area contributed by atoms with Gasteiger partial charge in [0.1, 0.15) is 18.0 Å². The molecule has 3 rings (SSSR count). The van der Waals surface area contributed by atoms with Crippen molar-refractivity contribution in [3.8, 4) is 0 Å². The van der Waals surface area contributed by atoms with Gasteiger partial charge in [0.2, 0.25) is 9.84 Å². The van der Waals surface area contributed by atoms with Gasteiger partial charge in [0, 0.05) is 18.8 Å². The Morgan fingerprint density at radius 1 is 1.02 bits per heavy atom. The summed E-state index contributed by atoms with van der Waals surface area (Å²) in [6.45, 7) is 3.85. The number of pyridine rings is 2. The number of amides is 1. The van der Waals surface area contributed by atoms with Crippen LogP contribution < -0.4 is 10.6 Å². The molecule has 0 aliphatic carbocycles. The van der Waals surface area contributed by atoms with Crippen molar-refractivity contribution < 1.29 is 41.0 Å². The van der Waals surface area contributed by atoms with Gasteiger partial charge in [-0.3, -0.25) is 14.7 Å². The van der Waals surface area contributed by atoms with Crippen LogP contribution in [0.2, 0.25) is 0 Å². The largest absolute Gasteiger partial charge is 0.480 e. The molecule has 0 aliphatic rings. The lowest BCUT2D eigenvalue weighted by Crippen LogP contribution is -2.48. The van der Waals surface area contributed by atoms with Gasteiger partial charge in [0.15, 0.2) is 4.87 Å². The number of nitrogens with zero attached hydrogens (tertiary/aromatic N) is 3. The molecule has 14 heteroatoms. The number of hydrogen-bond acceptors (Lipinski definition) is 8. The third-order valence-electron chi connectivity index (χ3n) is 5.52. The van der Waals surface area contributed by atoms with Crippen molar-refractivity contribution >= 4 is 27.7 Å². The van der Waals surface area contributed by atoms with E-state index in [1.165, 1.54) is 36.5 Å². The Morgan fingerprint density at radius 2 is 1.68 bits per heavy atom. The predicted octanol–water partition coefficient (Wildman–Crippen LogP) is 4.15. The lowest BCUT2D eigenvalue weighted by atomic mass is 10.0. The first-order valence-corrected chi connectivity index (χ1v) is 13.2. The van der Waals surface area contributed by atoms with Crippen molar-refractivity contribution in [2.75, 3.05) is 11.4 Å². The SMILES string of the molecule is CC(C)(C)OC(=O)N(CC(=O)O)c1cccc(C(N)(Cc2ccc(C(F)(F)F)cc2)S(=O)(=O)c2cccnc2)n1. The highest BCUT2D eigenvalue weighted by Gasteiger charge is 2.45. The molecule has 1 amide bonds. The molecule has 1 atom stereocenters. The molecule has 0 radical (unpaired) electrons. The van der Waals surface area contributed by atoms with Gasteiger partial charge >= 0.3 is 18.2 Å². The second kappa shape index (κ2) is 11.2. The quantitative estimate of drug-likeness (QED) is 0.400. The number of anilines is 1. The zero-order valence-corrected chi connectivity index (χ0v) is 22.5. The number of aromatic nitrogens is 2. The number of hydrogen-bond donors (Lipinski definition) is 2. The minimum absolute atomic E-state index is 0.143. The predicted molar refractivity (Wildman–Crippen MR) is 138 cm³/mol. The number of carbonyl (C=O) groups is 2. The molecule has 0 saturated carbocycles. The molecule has 0 spiro atoms. The maximum atomic E-state index is 13.9. The average Bonchev–Trinajstić information content (AvgIpc) is 2.86. The molecule has 0 aliphatic heterocycles. The van der Waals surface area contributed by atoms with Crippen LogP contribution in [0.25, 0.3) is 0 Å². The van der Waals surface area contributed by atoms with Crippen LogP contribution in [0, 0.1) is 0 Å². The van der Waals surface area contributed by atoms with Gasteiger partial charge in [-0.1, -0.05) is 18.2 Å². The normalized spacial score (nSPS) is 13.8. The monoisotopic (exact) mass is 580 g/mol. The van der Waals surface area contributed by atoms with Crippen LogP contribution in [0.1, 0.15) is 37.6 Å². The summed E-state index contributed by atoms with van der Waals surface area (Å²) in [6, 6.07) is 10.3. The molecule has 2 heterocycles. The molecule has 3 N–H and O–H groups in total. The molecule has 0 bridgehead atoms. The van der Waals surface area contributed by atoms with Crippen LogP contribution in [-0.4, -0.2) is 47.7 Å². The second-order valence-electron chi connectivity index (χ2n) is 9.79. The fraction of sp³-hybridized carbons (Fsp3) is 0.308.